The van der Waals surface area contributed by atoms with E-state index in [2.05, 4.69) is 5.32 Å². The molecule has 0 radical (unpaired) electrons. The predicted molar refractivity (Wildman–Crippen MR) is 43.7 cm³/mol. The summed E-state index contributed by atoms with van der Waals surface area (Å²) in [6, 6.07) is 0. The minimum Gasteiger partial charge on any atom is -0.402 e. The van der Waals surface area contributed by atoms with E-state index >= 15 is 0 Å². The molecule has 3 heteroatoms. The average Bonchev–Trinajstić information content (AvgIpc) is 2.05. The molecule has 0 aromatic heterocycles. The largest absolute Gasteiger partial charge is 0.402 e. The minimum absolute atomic E-state index is 0.00579. The highest BCUT2D eigenvalue weighted by Crippen LogP contribution is 2.14. The minimum atomic E-state index is -0.00579. The van der Waals surface area contributed by atoms with Crippen molar-refractivity contribution < 1.29 is 4.79 Å². The van der Waals surface area contributed by atoms with Gasteiger partial charge in [0.2, 0.25) is 5.91 Å². The van der Waals surface area contributed by atoms with Crippen molar-refractivity contribution in [3.63, 3.8) is 0 Å². The molecule has 1 aliphatic carbocycles. The van der Waals surface area contributed by atoms with E-state index in [-0.39, 0.29) is 5.91 Å². The summed E-state index contributed by atoms with van der Waals surface area (Å²) in [4.78, 5) is 11.0. The zero-order valence-corrected chi connectivity index (χ0v) is 6.55. The van der Waals surface area contributed by atoms with Gasteiger partial charge in [-0.3, -0.25) is 4.79 Å². The molecule has 1 amide bonds. The lowest BCUT2D eigenvalue weighted by molar-refractivity contribution is -0.117. The molecule has 0 aliphatic heterocycles. The fraction of sp³-hybridized carbons (Fsp3) is 0.375. The molecule has 0 spiro atoms. The number of amides is 1. The molecule has 3 N–H and O–H groups in total. The van der Waals surface area contributed by atoms with Crippen LogP contribution in [-0.2, 0) is 4.79 Å². The Morgan fingerprint density at radius 3 is 2.73 bits per heavy atom. The SMILES string of the molecule is CNC(=O)C1=CC=C(N)CC1. The van der Waals surface area contributed by atoms with Gasteiger partial charge >= 0.3 is 0 Å². The highest BCUT2D eigenvalue weighted by molar-refractivity contribution is 5.93. The zero-order valence-electron chi connectivity index (χ0n) is 6.55. The van der Waals surface area contributed by atoms with Crippen LogP contribution in [-0.4, -0.2) is 13.0 Å². The quantitative estimate of drug-likeness (QED) is 0.567. The van der Waals surface area contributed by atoms with Crippen LogP contribution in [0.3, 0.4) is 0 Å². The van der Waals surface area contributed by atoms with Gasteiger partial charge in [-0.25, -0.2) is 0 Å². The maximum absolute atomic E-state index is 11.0. The molecule has 0 unspecified atom stereocenters. The predicted octanol–water partition coefficient (Wildman–Crippen LogP) is 0.295. The smallest absolute Gasteiger partial charge is 0.246 e. The highest BCUT2D eigenvalue weighted by atomic mass is 16.1. The van der Waals surface area contributed by atoms with Crippen LogP contribution < -0.4 is 11.1 Å². The van der Waals surface area contributed by atoms with Crippen LogP contribution in [0.5, 0.6) is 0 Å². The highest BCUT2D eigenvalue weighted by Gasteiger charge is 2.09. The molecule has 0 heterocycles. The Morgan fingerprint density at radius 2 is 2.27 bits per heavy atom. The van der Waals surface area contributed by atoms with Crippen molar-refractivity contribution >= 4 is 5.91 Å². The van der Waals surface area contributed by atoms with Gasteiger partial charge in [0.05, 0.1) is 0 Å². The Hall–Kier alpha value is -1.25. The molecule has 0 aromatic carbocycles. The summed E-state index contributed by atoms with van der Waals surface area (Å²) in [7, 11) is 1.63. The molecule has 0 atom stereocenters. The van der Waals surface area contributed by atoms with Gasteiger partial charge in [-0.2, -0.15) is 0 Å². The van der Waals surface area contributed by atoms with E-state index < -0.39 is 0 Å². The summed E-state index contributed by atoms with van der Waals surface area (Å²) in [5.74, 6) is -0.00579. The summed E-state index contributed by atoms with van der Waals surface area (Å²) >= 11 is 0. The van der Waals surface area contributed by atoms with E-state index in [0.29, 0.717) is 0 Å². The van der Waals surface area contributed by atoms with E-state index in [9.17, 15) is 4.79 Å². The first-order chi connectivity index (χ1) is 5.24. The third-order valence-electron chi connectivity index (χ3n) is 1.70. The molecule has 0 aromatic rings. The molecule has 1 aliphatic rings. The number of likely N-dealkylation sites (N-methyl/N-ethyl adjacent to an activating group) is 1. The van der Waals surface area contributed by atoms with Crippen molar-refractivity contribution in [2.75, 3.05) is 7.05 Å². The molecule has 60 valence electrons. The van der Waals surface area contributed by atoms with Crippen LogP contribution >= 0.6 is 0 Å². The number of allylic oxidation sites excluding steroid dienone is 3. The van der Waals surface area contributed by atoms with Gasteiger partial charge in [0.15, 0.2) is 0 Å². The van der Waals surface area contributed by atoms with Gasteiger partial charge in [-0.05, 0) is 18.9 Å². The molecule has 0 saturated heterocycles. The topological polar surface area (TPSA) is 55.1 Å². The second-order valence-electron chi connectivity index (χ2n) is 2.51. The lowest BCUT2D eigenvalue weighted by Crippen LogP contribution is -2.21. The molecule has 0 bridgehead atoms. The van der Waals surface area contributed by atoms with Crippen molar-refractivity contribution in [1.29, 1.82) is 0 Å². The lowest BCUT2D eigenvalue weighted by atomic mass is 10.0. The van der Waals surface area contributed by atoms with Gasteiger partial charge < -0.3 is 11.1 Å². The first kappa shape index (κ1) is 7.85. The van der Waals surface area contributed by atoms with E-state index in [1.165, 1.54) is 0 Å². The number of hydrogen-bond donors (Lipinski definition) is 2. The first-order valence-corrected chi connectivity index (χ1v) is 3.61. The maximum atomic E-state index is 11.0. The summed E-state index contributed by atoms with van der Waals surface area (Å²) < 4.78 is 0. The summed E-state index contributed by atoms with van der Waals surface area (Å²) in [5, 5.41) is 2.57. The Labute approximate surface area is 66.0 Å². The number of hydrogen-bond acceptors (Lipinski definition) is 2. The van der Waals surface area contributed by atoms with E-state index in [4.69, 9.17) is 5.73 Å². The Balaban J connectivity index is 2.68. The first-order valence-electron chi connectivity index (χ1n) is 3.61. The third kappa shape index (κ3) is 1.83. The van der Waals surface area contributed by atoms with Gasteiger partial charge in [0.1, 0.15) is 0 Å². The summed E-state index contributed by atoms with van der Waals surface area (Å²) in [5.41, 5.74) is 7.18. The molecule has 0 fully saturated rings. The van der Waals surface area contributed by atoms with Crippen LogP contribution in [0.15, 0.2) is 23.4 Å². The number of carbonyl (C=O) groups excluding carboxylic acids is 1. The van der Waals surface area contributed by atoms with Gasteiger partial charge in [0, 0.05) is 18.3 Å². The van der Waals surface area contributed by atoms with Crippen molar-refractivity contribution in [2.24, 2.45) is 5.73 Å². The number of nitrogens with two attached hydrogens (primary N) is 1. The van der Waals surface area contributed by atoms with Gasteiger partial charge in [-0.1, -0.05) is 6.08 Å². The normalized spacial score (nSPS) is 16.8. The van der Waals surface area contributed by atoms with Crippen molar-refractivity contribution in [3.05, 3.63) is 23.4 Å². The Kier molecular flexibility index (Phi) is 2.31. The third-order valence-corrected chi connectivity index (χ3v) is 1.70. The fourth-order valence-corrected chi connectivity index (χ4v) is 1.00. The molecule has 3 nitrogen and oxygen atoms in total. The van der Waals surface area contributed by atoms with Gasteiger partial charge in [0.25, 0.3) is 0 Å². The number of nitrogens with one attached hydrogen (secondary N) is 1. The standard InChI is InChI=1S/C8H12N2O/c1-10-8(11)6-2-4-7(9)5-3-6/h2,4H,3,5,9H2,1H3,(H,10,11). The Bertz CT molecular complexity index is 228. The second kappa shape index (κ2) is 3.23. The zero-order chi connectivity index (χ0) is 8.27. The van der Waals surface area contributed by atoms with Crippen LogP contribution in [0.2, 0.25) is 0 Å². The van der Waals surface area contributed by atoms with Crippen LogP contribution in [0.25, 0.3) is 0 Å². The van der Waals surface area contributed by atoms with E-state index in [0.717, 1.165) is 24.1 Å². The molecule has 11 heavy (non-hydrogen) atoms. The number of carbonyl (C=O) groups is 1. The molecular weight excluding hydrogens is 140 g/mol. The fourth-order valence-electron chi connectivity index (χ4n) is 1.00. The van der Waals surface area contributed by atoms with Crippen LogP contribution in [0.1, 0.15) is 12.8 Å². The summed E-state index contributed by atoms with van der Waals surface area (Å²) in [6.07, 6.45) is 5.10. The van der Waals surface area contributed by atoms with Crippen molar-refractivity contribution in [1.82, 2.24) is 5.32 Å². The van der Waals surface area contributed by atoms with Crippen molar-refractivity contribution in [3.8, 4) is 0 Å². The van der Waals surface area contributed by atoms with Crippen molar-refractivity contribution in [2.45, 2.75) is 12.8 Å². The van der Waals surface area contributed by atoms with E-state index in [1.54, 1.807) is 19.2 Å². The van der Waals surface area contributed by atoms with Crippen LogP contribution in [0.4, 0.5) is 0 Å². The molecule has 0 saturated carbocycles. The van der Waals surface area contributed by atoms with E-state index in [1.807, 2.05) is 0 Å². The maximum Gasteiger partial charge on any atom is 0.246 e. The monoisotopic (exact) mass is 152 g/mol. The number of rotatable bonds is 1. The summed E-state index contributed by atoms with van der Waals surface area (Å²) in [6.45, 7) is 0. The average molecular weight is 152 g/mol. The molecular formula is C8H12N2O. The second-order valence-corrected chi connectivity index (χ2v) is 2.51. The van der Waals surface area contributed by atoms with Gasteiger partial charge in [-0.15, -0.1) is 0 Å². The molecule has 1 rings (SSSR count). The lowest BCUT2D eigenvalue weighted by Gasteiger charge is -2.09. The van der Waals surface area contributed by atoms with Crippen LogP contribution in [0, 0.1) is 0 Å². The Morgan fingerprint density at radius 1 is 1.55 bits per heavy atom.